The first-order valence-corrected chi connectivity index (χ1v) is 10.3. The summed E-state index contributed by atoms with van der Waals surface area (Å²) in [4.78, 5) is 0. The average molecular weight is 319 g/mol. The summed E-state index contributed by atoms with van der Waals surface area (Å²) in [6, 6.07) is 5.01. The van der Waals surface area contributed by atoms with Gasteiger partial charge in [-0.15, -0.1) is 0 Å². The molecule has 24 heavy (non-hydrogen) atoms. The minimum Gasteiger partial charge on any atom is -0.0658 e. The number of hydrogen-bond donors (Lipinski definition) is 0. The molecule has 0 saturated carbocycles. The lowest BCUT2D eigenvalue weighted by molar-refractivity contribution is 0.500. The van der Waals surface area contributed by atoms with Gasteiger partial charge in [0, 0.05) is 0 Å². The molecule has 0 nitrogen and oxygen atoms in total. The molecule has 0 fully saturated rings. The van der Waals surface area contributed by atoms with E-state index < -0.39 is 0 Å². The average Bonchev–Trinajstić information content (AvgIpc) is 2.60. The Hall–Kier alpha value is -1.30. The number of allylic oxidation sites excluding steroid dienone is 4. The van der Waals surface area contributed by atoms with Crippen molar-refractivity contribution in [1.29, 1.82) is 0 Å². The van der Waals surface area contributed by atoms with Crippen molar-refractivity contribution < 1.29 is 0 Å². The quantitative estimate of drug-likeness (QED) is 0.497. The molecule has 0 saturated heterocycles. The lowest BCUT2D eigenvalue weighted by atomic mass is 9.69. The summed E-state index contributed by atoms with van der Waals surface area (Å²) in [6.07, 6.45) is 13.5. The van der Waals surface area contributed by atoms with E-state index in [2.05, 4.69) is 26.0 Å². The standard InChI is InChI=1S/C24H30/c1-15-3-7-19-17(13-15)5-9-23-21(19)11-12-22-20-8-4-16(2)14-18(20)6-10-24(22)23/h11-12,15-16H,3-10,13-14H2,1-2H3/t15-,16?/m1/s1. The monoisotopic (exact) mass is 318 g/mol. The SMILES string of the molecule is CC1CCC2=C(CCc3c2ccc2c3CCC3=C2CC[C@@H](C)C3)C1. The summed E-state index contributed by atoms with van der Waals surface area (Å²) in [5, 5.41) is 0. The molecule has 0 bridgehead atoms. The Morgan fingerprint density at radius 2 is 1.08 bits per heavy atom. The molecule has 4 aliphatic carbocycles. The molecule has 0 N–H and O–H groups in total. The molecule has 126 valence electrons. The molecule has 0 aliphatic heterocycles. The van der Waals surface area contributed by atoms with Crippen LogP contribution in [0.3, 0.4) is 0 Å². The van der Waals surface area contributed by atoms with Gasteiger partial charge in [-0.05, 0) is 109 Å². The highest BCUT2D eigenvalue weighted by molar-refractivity contribution is 5.81. The zero-order valence-electron chi connectivity index (χ0n) is 15.4. The van der Waals surface area contributed by atoms with E-state index in [1.165, 1.54) is 64.2 Å². The predicted molar refractivity (Wildman–Crippen MR) is 103 cm³/mol. The van der Waals surface area contributed by atoms with Crippen molar-refractivity contribution in [3.63, 3.8) is 0 Å². The second-order valence-corrected chi connectivity index (χ2v) is 8.98. The minimum absolute atomic E-state index is 0.903. The second-order valence-electron chi connectivity index (χ2n) is 8.98. The van der Waals surface area contributed by atoms with Gasteiger partial charge in [-0.25, -0.2) is 0 Å². The summed E-state index contributed by atoms with van der Waals surface area (Å²) < 4.78 is 0. The zero-order chi connectivity index (χ0) is 16.3. The van der Waals surface area contributed by atoms with Gasteiger partial charge >= 0.3 is 0 Å². The third-order valence-electron chi connectivity index (χ3n) is 7.25. The number of hydrogen-bond acceptors (Lipinski definition) is 0. The molecule has 1 aromatic carbocycles. The van der Waals surface area contributed by atoms with Crippen LogP contribution in [0.4, 0.5) is 0 Å². The molecule has 0 aromatic heterocycles. The van der Waals surface area contributed by atoms with Crippen molar-refractivity contribution in [2.75, 3.05) is 0 Å². The first-order valence-electron chi connectivity index (χ1n) is 10.3. The maximum absolute atomic E-state index is 2.51. The summed E-state index contributed by atoms with van der Waals surface area (Å²) >= 11 is 0. The fraction of sp³-hybridized carbons (Fsp3) is 0.583. The van der Waals surface area contributed by atoms with E-state index in [0.717, 1.165) is 11.8 Å². The van der Waals surface area contributed by atoms with E-state index in [9.17, 15) is 0 Å². The summed E-state index contributed by atoms with van der Waals surface area (Å²) in [7, 11) is 0. The van der Waals surface area contributed by atoms with Crippen molar-refractivity contribution in [1.82, 2.24) is 0 Å². The minimum atomic E-state index is 0.903. The Bertz CT molecular complexity index is 693. The fourth-order valence-corrected chi connectivity index (χ4v) is 5.96. The van der Waals surface area contributed by atoms with Gasteiger partial charge in [-0.3, -0.25) is 0 Å². The predicted octanol–water partition coefficient (Wildman–Crippen LogP) is 6.73. The van der Waals surface area contributed by atoms with Crippen LogP contribution in [0.15, 0.2) is 23.3 Å². The Labute approximate surface area is 147 Å². The second kappa shape index (κ2) is 5.61. The highest BCUT2D eigenvalue weighted by Crippen LogP contribution is 2.48. The van der Waals surface area contributed by atoms with E-state index in [1.807, 2.05) is 0 Å². The van der Waals surface area contributed by atoms with Crippen LogP contribution in [-0.4, -0.2) is 0 Å². The van der Waals surface area contributed by atoms with Crippen LogP contribution in [0.25, 0.3) is 11.1 Å². The van der Waals surface area contributed by atoms with Gasteiger partial charge in [0.25, 0.3) is 0 Å². The third kappa shape index (κ3) is 2.25. The van der Waals surface area contributed by atoms with Crippen LogP contribution in [0, 0.1) is 11.8 Å². The molecular formula is C24H30. The fourth-order valence-electron chi connectivity index (χ4n) is 5.96. The van der Waals surface area contributed by atoms with Crippen molar-refractivity contribution >= 4 is 11.1 Å². The van der Waals surface area contributed by atoms with Crippen LogP contribution in [0.1, 0.15) is 87.5 Å². The maximum atomic E-state index is 2.51. The molecule has 1 aromatic rings. The summed E-state index contributed by atoms with van der Waals surface area (Å²) in [6.45, 7) is 4.87. The molecule has 0 radical (unpaired) electrons. The number of benzene rings is 1. The third-order valence-corrected chi connectivity index (χ3v) is 7.25. The number of fused-ring (bicyclic) bond motifs is 5. The lowest BCUT2D eigenvalue weighted by Crippen LogP contribution is -2.19. The van der Waals surface area contributed by atoms with E-state index in [1.54, 1.807) is 44.5 Å². The van der Waals surface area contributed by atoms with E-state index in [0.29, 0.717) is 0 Å². The molecule has 1 unspecified atom stereocenters. The largest absolute Gasteiger partial charge is 0.0658 e. The molecule has 0 heteroatoms. The van der Waals surface area contributed by atoms with Crippen molar-refractivity contribution in [3.05, 3.63) is 45.5 Å². The molecule has 2 atom stereocenters. The lowest BCUT2D eigenvalue weighted by Gasteiger charge is -2.35. The Morgan fingerprint density at radius 1 is 0.625 bits per heavy atom. The van der Waals surface area contributed by atoms with Crippen molar-refractivity contribution in [2.24, 2.45) is 11.8 Å². The van der Waals surface area contributed by atoms with Crippen LogP contribution >= 0.6 is 0 Å². The molecular weight excluding hydrogens is 288 g/mol. The Kier molecular flexibility index (Phi) is 3.51. The summed E-state index contributed by atoms with van der Waals surface area (Å²) in [5.74, 6) is 1.81. The molecule has 0 heterocycles. The first kappa shape index (κ1) is 15.0. The van der Waals surface area contributed by atoms with Crippen molar-refractivity contribution in [3.8, 4) is 0 Å². The van der Waals surface area contributed by atoms with Gasteiger partial charge in [-0.1, -0.05) is 37.1 Å². The normalized spacial score (nSPS) is 28.9. The molecule has 5 rings (SSSR count). The molecule has 0 spiro atoms. The van der Waals surface area contributed by atoms with Crippen LogP contribution in [-0.2, 0) is 12.8 Å². The topological polar surface area (TPSA) is 0 Å². The van der Waals surface area contributed by atoms with Gasteiger partial charge in [0.05, 0.1) is 0 Å². The van der Waals surface area contributed by atoms with Crippen LogP contribution in [0.5, 0.6) is 0 Å². The Morgan fingerprint density at radius 3 is 1.54 bits per heavy atom. The Balaban J connectivity index is 1.61. The maximum Gasteiger partial charge on any atom is -0.0190 e. The van der Waals surface area contributed by atoms with Crippen LogP contribution < -0.4 is 0 Å². The highest BCUT2D eigenvalue weighted by atomic mass is 14.3. The first-order chi connectivity index (χ1) is 11.7. The van der Waals surface area contributed by atoms with E-state index in [-0.39, 0.29) is 0 Å². The summed E-state index contributed by atoms with van der Waals surface area (Å²) in [5.41, 5.74) is 13.9. The van der Waals surface area contributed by atoms with Gasteiger partial charge in [0.15, 0.2) is 0 Å². The van der Waals surface area contributed by atoms with Gasteiger partial charge in [0.1, 0.15) is 0 Å². The van der Waals surface area contributed by atoms with Crippen molar-refractivity contribution in [2.45, 2.75) is 78.1 Å². The zero-order valence-corrected chi connectivity index (χ0v) is 15.4. The number of rotatable bonds is 0. The van der Waals surface area contributed by atoms with E-state index >= 15 is 0 Å². The molecule has 0 amide bonds. The van der Waals surface area contributed by atoms with E-state index in [4.69, 9.17) is 0 Å². The smallest absolute Gasteiger partial charge is 0.0190 e. The molecule has 4 aliphatic rings. The van der Waals surface area contributed by atoms with Gasteiger partial charge < -0.3 is 0 Å². The van der Waals surface area contributed by atoms with Gasteiger partial charge in [0.2, 0.25) is 0 Å². The highest BCUT2D eigenvalue weighted by Gasteiger charge is 2.30. The van der Waals surface area contributed by atoms with Gasteiger partial charge in [-0.2, -0.15) is 0 Å². The van der Waals surface area contributed by atoms with Crippen LogP contribution in [0.2, 0.25) is 0 Å².